The highest BCUT2D eigenvalue weighted by atomic mass is 31.1. The van der Waals surface area contributed by atoms with Crippen LogP contribution >= 0.6 is 8.07 Å². The van der Waals surface area contributed by atoms with Gasteiger partial charge in [-0.1, -0.05) is 112 Å². The van der Waals surface area contributed by atoms with E-state index >= 15 is 0 Å². The molecule has 4 aromatic rings. The SMILES string of the molecule is Cc1ccccc1P(NC(=Nc1c(C)cccc1C)c1ccc(C(C)(C)C)cc1)c1ccccc1C. The van der Waals surface area contributed by atoms with Gasteiger partial charge in [0.2, 0.25) is 0 Å². The summed E-state index contributed by atoms with van der Waals surface area (Å²) in [6.45, 7) is 15.4. The largest absolute Gasteiger partial charge is 0.341 e. The summed E-state index contributed by atoms with van der Waals surface area (Å²) in [7, 11) is -0.882. The lowest BCUT2D eigenvalue weighted by atomic mass is 9.86. The van der Waals surface area contributed by atoms with Crippen molar-refractivity contribution in [3.63, 3.8) is 0 Å². The molecule has 2 nitrogen and oxygen atoms in total. The van der Waals surface area contributed by atoms with Crippen molar-refractivity contribution in [3.05, 3.63) is 124 Å². The second-order valence-electron chi connectivity index (χ2n) is 10.5. The third kappa shape index (κ3) is 5.77. The predicted octanol–water partition coefficient (Wildman–Crippen LogP) is 7.93. The molecule has 0 bridgehead atoms. The number of aryl methyl sites for hydroxylation is 4. The van der Waals surface area contributed by atoms with Crippen molar-refractivity contribution < 1.29 is 0 Å². The highest BCUT2D eigenvalue weighted by molar-refractivity contribution is 7.72. The van der Waals surface area contributed by atoms with Crippen LogP contribution in [0.1, 0.15) is 54.2 Å². The summed E-state index contributed by atoms with van der Waals surface area (Å²) in [5, 5.41) is 6.60. The third-order valence-electron chi connectivity index (χ3n) is 6.62. The molecule has 0 saturated carbocycles. The van der Waals surface area contributed by atoms with Crippen LogP contribution in [0.25, 0.3) is 0 Å². The Labute approximate surface area is 218 Å². The van der Waals surface area contributed by atoms with Gasteiger partial charge in [-0.05, 0) is 60.9 Å². The molecule has 0 aliphatic rings. The Hall–Kier alpha value is -3.22. The van der Waals surface area contributed by atoms with Crippen molar-refractivity contribution in [2.24, 2.45) is 4.99 Å². The Balaban J connectivity index is 1.89. The predicted molar refractivity (Wildman–Crippen MR) is 159 cm³/mol. The van der Waals surface area contributed by atoms with Crippen molar-refractivity contribution in [3.8, 4) is 0 Å². The van der Waals surface area contributed by atoms with Crippen molar-refractivity contribution >= 4 is 30.2 Å². The number of hydrogen-bond acceptors (Lipinski definition) is 1. The molecule has 0 spiro atoms. The molecule has 0 fully saturated rings. The van der Waals surface area contributed by atoms with Crippen LogP contribution in [0.3, 0.4) is 0 Å². The minimum Gasteiger partial charge on any atom is -0.341 e. The van der Waals surface area contributed by atoms with Crippen LogP contribution in [-0.2, 0) is 5.41 Å². The molecular formula is C33H37N2P. The van der Waals surface area contributed by atoms with E-state index < -0.39 is 8.07 Å². The maximum atomic E-state index is 5.29. The van der Waals surface area contributed by atoms with Gasteiger partial charge >= 0.3 is 0 Å². The van der Waals surface area contributed by atoms with Gasteiger partial charge in [-0.3, -0.25) is 0 Å². The molecule has 0 amide bonds. The molecule has 3 heteroatoms. The van der Waals surface area contributed by atoms with Gasteiger partial charge in [0.15, 0.2) is 0 Å². The maximum Gasteiger partial charge on any atom is 0.137 e. The zero-order chi connectivity index (χ0) is 25.9. The molecule has 0 radical (unpaired) electrons. The van der Waals surface area contributed by atoms with Crippen LogP contribution in [0, 0.1) is 27.7 Å². The lowest BCUT2D eigenvalue weighted by molar-refractivity contribution is 0.590. The number of nitrogens with zero attached hydrogens (tertiary/aromatic N) is 1. The minimum absolute atomic E-state index is 0.102. The fourth-order valence-corrected chi connectivity index (χ4v) is 6.58. The molecule has 184 valence electrons. The van der Waals surface area contributed by atoms with Gasteiger partial charge in [-0.2, -0.15) is 0 Å². The normalized spacial score (nSPS) is 12.2. The van der Waals surface area contributed by atoms with Gasteiger partial charge in [0.05, 0.1) is 13.8 Å². The highest BCUT2D eigenvalue weighted by Crippen LogP contribution is 2.34. The summed E-state index contributed by atoms with van der Waals surface area (Å²) < 4.78 is 0. The Morgan fingerprint density at radius 2 is 1.08 bits per heavy atom. The number of nitrogens with one attached hydrogen (secondary N) is 1. The molecule has 36 heavy (non-hydrogen) atoms. The first-order chi connectivity index (χ1) is 17.1. The van der Waals surface area contributed by atoms with Gasteiger partial charge in [0.1, 0.15) is 5.84 Å². The second-order valence-corrected chi connectivity index (χ2v) is 12.4. The average molecular weight is 493 g/mol. The van der Waals surface area contributed by atoms with E-state index in [0.717, 1.165) is 17.1 Å². The van der Waals surface area contributed by atoms with Crippen LogP contribution in [0.5, 0.6) is 0 Å². The molecule has 0 heterocycles. The van der Waals surface area contributed by atoms with Gasteiger partial charge in [0.25, 0.3) is 0 Å². The summed E-state index contributed by atoms with van der Waals surface area (Å²) in [6.07, 6.45) is 0. The smallest absolute Gasteiger partial charge is 0.137 e. The molecular weight excluding hydrogens is 455 g/mol. The van der Waals surface area contributed by atoms with Crippen molar-refractivity contribution in [1.82, 2.24) is 5.09 Å². The Morgan fingerprint density at radius 3 is 1.56 bits per heavy atom. The Morgan fingerprint density at radius 1 is 0.611 bits per heavy atom. The van der Waals surface area contributed by atoms with Gasteiger partial charge < -0.3 is 5.09 Å². The maximum absolute atomic E-state index is 5.29. The third-order valence-corrected chi connectivity index (χ3v) is 9.02. The van der Waals surface area contributed by atoms with E-state index in [9.17, 15) is 0 Å². The molecule has 0 aromatic heterocycles. The van der Waals surface area contributed by atoms with E-state index in [1.807, 2.05) is 0 Å². The molecule has 4 rings (SSSR count). The van der Waals surface area contributed by atoms with Gasteiger partial charge in [0, 0.05) is 16.2 Å². The van der Waals surface area contributed by atoms with E-state index in [0.29, 0.717) is 0 Å². The summed E-state index contributed by atoms with van der Waals surface area (Å²) in [5.74, 6) is 0.908. The van der Waals surface area contributed by atoms with Crippen LogP contribution < -0.4 is 15.7 Å². The minimum atomic E-state index is -0.882. The van der Waals surface area contributed by atoms with Crippen molar-refractivity contribution in [2.75, 3.05) is 0 Å². The molecule has 0 saturated heterocycles. The van der Waals surface area contributed by atoms with Gasteiger partial charge in [-0.15, -0.1) is 0 Å². The summed E-state index contributed by atoms with van der Waals surface area (Å²) >= 11 is 0. The first-order valence-corrected chi connectivity index (χ1v) is 13.9. The first kappa shape index (κ1) is 25.9. The fraction of sp³-hybridized carbons (Fsp3) is 0.242. The first-order valence-electron chi connectivity index (χ1n) is 12.6. The van der Waals surface area contributed by atoms with E-state index in [1.165, 1.54) is 38.4 Å². The lowest BCUT2D eigenvalue weighted by Gasteiger charge is -2.26. The quantitative estimate of drug-likeness (QED) is 0.171. The van der Waals surface area contributed by atoms with Gasteiger partial charge in [-0.25, -0.2) is 4.99 Å². The van der Waals surface area contributed by atoms with Crippen LogP contribution in [0.4, 0.5) is 5.69 Å². The Kier molecular flexibility index (Phi) is 7.76. The summed E-state index contributed by atoms with van der Waals surface area (Å²) in [4.78, 5) is 5.29. The zero-order valence-electron chi connectivity index (χ0n) is 22.6. The van der Waals surface area contributed by atoms with Crippen molar-refractivity contribution in [1.29, 1.82) is 0 Å². The summed E-state index contributed by atoms with van der Waals surface area (Å²) in [5.41, 5.74) is 8.48. The standard InChI is InChI=1S/C33H37N2P/c1-23-13-8-10-17-29(23)36(30-18-11-9-14-24(30)2)35-32(34-31-25(3)15-12-16-26(31)4)27-19-21-28(22-20-27)33(5,6)7/h8-22H,1-7H3,(H,34,35). The molecule has 0 aliphatic heterocycles. The number of amidine groups is 1. The lowest BCUT2D eigenvalue weighted by Crippen LogP contribution is -2.31. The van der Waals surface area contributed by atoms with Crippen LogP contribution in [-0.4, -0.2) is 5.84 Å². The van der Waals surface area contributed by atoms with Crippen LogP contribution in [0.15, 0.2) is 96.0 Å². The molecule has 4 aromatic carbocycles. The van der Waals surface area contributed by atoms with E-state index in [4.69, 9.17) is 4.99 Å². The fourth-order valence-electron chi connectivity index (χ4n) is 4.36. The highest BCUT2D eigenvalue weighted by Gasteiger charge is 2.21. The van der Waals surface area contributed by atoms with Crippen LogP contribution in [0.2, 0.25) is 0 Å². The van der Waals surface area contributed by atoms with E-state index in [2.05, 4.69) is 145 Å². The average Bonchev–Trinajstić information content (AvgIpc) is 2.84. The zero-order valence-corrected chi connectivity index (χ0v) is 23.4. The number of hydrogen-bond donors (Lipinski definition) is 1. The van der Waals surface area contributed by atoms with E-state index in [1.54, 1.807) is 0 Å². The monoisotopic (exact) mass is 492 g/mol. The molecule has 1 N–H and O–H groups in total. The van der Waals surface area contributed by atoms with E-state index in [-0.39, 0.29) is 5.41 Å². The number of benzene rings is 4. The number of para-hydroxylation sites is 1. The Bertz CT molecular complexity index is 1310. The molecule has 0 aliphatic carbocycles. The number of rotatable bonds is 5. The molecule has 0 atom stereocenters. The number of aliphatic imine (C=N–C) groups is 1. The molecule has 0 unspecified atom stereocenters. The van der Waals surface area contributed by atoms with Crippen molar-refractivity contribution in [2.45, 2.75) is 53.9 Å². The second kappa shape index (κ2) is 10.8. The summed E-state index contributed by atoms with van der Waals surface area (Å²) in [6, 6.07) is 32.7. The topological polar surface area (TPSA) is 24.4 Å².